The number of aromatic nitrogens is 4. The number of rotatable bonds is 3. The quantitative estimate of drug-likeness (QED) is 0.806. The number of carbonyl (C=O) groups excluding carboxylic acids is 1. The lowest BCUT2D eigenvalue weighted by atomic mass is 10.2. The van der Waals surface area contributed by atoms with Crippen molar-refractivity contribution in [2.24, 2.45) is 0 Å². The van der Waals surface area contributed by atoms with Gasteiger partial charge < -0.3 is 5.32 Å². The van der Waals surface area contributed by atoms with E-state index in [1.807, 2.05) is 6.07 Å². The van der Waals surface area contributed by atoms with E-state index >= 15 is 0 Å². The van der Waals surface area contributed by atoms with E-state index < -0.39 is 0 Å². The van der Waals surface area contributed by atoms with E-state index in [2.05, 4.69) is 20.4 Å². The van der Waals surface area contributed by atoms with Crippen LogP contribution in [0.3, 0.4) is 0 Å². The topological polar surface area (TPSA) is 72.7 Å². The predicted molar refractivity (Wildman–Crippen MR) is 78.6 cm³/mol. The molecule has 0 bridgehead atoms. The highest BCUT2D eigenvalue weighted by Crippen LogP contribution is 2.16. The molecule has 0 fully saturated rings. The Morgan fingerprint density at radius 3 is 2.76 bits per heavy atom. The van der Waals surface area contributed by atoms with Crippen LogP contribution in [0.25, 0.3) is 5.82 Å². The molecule has 0 saturated carbocycles. The zero-order chi connectivity index (χ0) is 14.7. The number of nitrogens with zero attached hydrogens (tertiary/aromatic N) is 4. The van der Waals surface area contributed by atoms with Crippen LogP contribution in [0.5, 0.6) is 0 Å². The number of halogens is 1. The second kappa shape index (κ2) is 5.72. The fourth-order valence-corrected chi connectivity index (χ4v) is 1.93. The van der Waals surface area contributed by atoms with Gasteiger partial charge >= 0.3 is 0 Å². The SMILES string of the molecule is O=C(Nc1ccc(-n2cccn2)nc1)c1cnccc1Cl. The molecule has 104 valence electrons. The monoisotopic (exact) mass is 299 g/mol. The molecule has 1 N–H and O–H groups in total. The van der Waals surface area contributed by atoms with E-state index in [0.717, 1.165) is 0 Å². The summed E-state index contributed by atoms with van der Waals surface area (Å²) in [6, 6.07) is 6.87. The van der Waals surface area contributed by atoms with E-state index in [1.165, 1.54) is 12.4 Å². The molecule has 0 aliphatic heterocycles. The number of carbonyl (C=O) groups is 1. The van der Waals surface area contributed by atoms with Gasteiger partial charge in [-0.15, -0.1) is 0 Å². The molecule has 3 aromatic heterocycles. The first-order chi connectivity index (χ1) is 10.2. The zero-order valence-corrected chi connectivity index (χ0v) is 11.5. The fraction of sp³-hybridized carbons (Fsp3) is 0. The molecule has 7 heteroatoms. The normalized spacial score (nSPS) is 10.3. The lowest BCUT2D eigenvalue weighted by Crippen LogP contribution is -2.13. The Kier molecular flexibility index (Phi) is 3.61. The minimum absolute atomic E-state index is 0.315. The van der Waals surface area contributed by atoms with Crippen LogP contribution in [-0.2, 0) is 0 Å². The third kappa shape index (κ3) is 2.90. The van der Waals surface area contributed by atoms with E-state index in [-0.39, 0.29) is 5.91 Å². The smallest absolute Gasteiger partial charge is 0.258 e. The molecule has 0 aliphatic carbocycles. The predicted octanol–water partition coefficient (Wildman–Crippen LogP) is 2.57. The molecule has 3 heterocycles. The minimum atomic E-state index is -0.332. The molecule has 6 nitrogen and oxygen atoms in total. The number of hydrogen-bond donors (Lipinski definition) is 1. The van der Waals surface area contributed by atoms with Crippen LogP contribution in [0.15, 0.2) is 55.2 Å². The first-order valence-electron chi connectivity index (χ1n) is 6.11. The molecular formula is C14H10ClN5O. The molecule has 0 aromatic carbocycles. The van der Waals surface area contributed by atoms with E-state index in [0.29, 0.717) is 22.1 Å². The van der Waals surface area contributed by atoms with E-state index in [9.17, 15) is 4.79 Å². The van der Waals surface area contributed by atoms with Gasteiger partial charge in [-0.2, -0.15) is 5.10 Å². The average Bonchev–Trinajstić information content (AvgIpc) is 3.02. The summed E-state index contributed by atoms with van der Waals surface area (Å²) < 4.78 is 1.63. The summed E-state index contributed by atoms with van der Waals surface area (Å²) in [4.78, 5) is 20.2. The highest BCUT2D eigenvalue weighted by atomic mass is 35.5. The average molecular weight is 300 g/mol. The Hall–Kier alpha value is -2.73. The summed E-state index contributed by atoms with van der Waals surface area (Å²) in [7, 11) is 0. The molecule has 0 radical (unpaired) electrons. The summed E-state index contributed by atoms with van der Waals surface area (Å²) >= 11 is 5.95. The van der Waals surface area contributed by atoms with Gasteiger partial charge in [0.25, 0.3) is 5.91 Å². The molecule has 0 aliphatic rings. The van der Waals surface area contributed by atoms with Crippen molar-refractivity contribution in [2.45, 2.75) is 0 Å². The lowest BCUT2D eigenvalue weighted by molar-refractivity contribution is 0.102. The third-order valence-electron chi connectivity index (χ3n) is 2.76. The van der Waals surface area contributed by atoms with Crippen LogP contribution >= 0.6 is 11.6 Å². The molecule has 1 amide bonds. The van der Waals surface area contributed by atoms with Crippen LogP contribution in [0.4, 0.5) is 5.69 Å². The molecule has 3 aromatic rings. The van der Waals surface area contributed by atoms with Crippen molar-refractivity contribution in [3.8, 4) is 5.82 Å². The van der Waals surface area contributed by atoms with Crippen molar-refractivity contribution in [1.29, 1.82) is 0 Å². The summed E-state index contributed by atoms with van der Waals surface area (Å²) in [5, 5.41) is 7.14. The Bertz CT molecular complexity index is 755. The standard InChI is InChI=1S/C14H10ClN5O/c15-12-4-6-16-9-11(12)14(21)19-10-2-3-13(17-8-10)20-7-1-5-18-20/h1-9H,(H,19,21). The Balaban J connectivity index is 1.77. The van der Waals surface area contributed by atoms with Gasteiger partial charge in [-0.25, -0.2) is 9.67 Å². The van der Waals surface area contributed by atoms with Gasteiger partial charge in [0, 0.05) is 24.8 Å². The van der Waals surface area contributed by atoms with Crippen LogP contribution in [0.1, 0.15) is 10.4 Å². The second-order valence-electron chi connectivity index (χ2n) is 4.17. The highest BCUT2D eigenvalue weighted by molar-refractivity contribution is 6.34. The number of nitrogens with one attached hydrogen (secondary N) is 1. The van der Waals surface area contributed by atoms with Gasteiger partial charge in [-0.1, -0.05) is 11.6 Å². The first-order valence-corrected chi connectivity index (χ1v) is 6.49. The molecule has 0 atom stereocenters. The summed E-state index contributed by atoms with van der Waals surface area (Å²) in [6.07, 6.45) is 7.96. The molecule has 3 rings (SSSR count). The second-order valence-corrected chi connectivity index (χ2v) is 4.57. The first kappa shape index (κ1) is 13.3. The van der Waals surface area contributed by atoms with Crippen molar-refractivity contribution in [2.75, 3.05) is 5.32 Å². The highest BCUT2D eigenvalue weighted by Gasteiger charge is 2.10. The van der Waals surface area contributed by atoms with Crippen LogP contribution in [0.2, 0.25) is 5.02 Å². The maximum absolute atomic E-state index is 12.1. The molecule has 0 saturated heterocycles. The number of anilines is 1. The van der Waals surface area contributed by atoms with Crippen molar-refractivity contribution >= 4 is 23.2 Å². The summed E-state index contributed by atoms with van der Waals surface area (Å²) in [6.45, 7) is 0. The van der Waals surface area contributed by atoms with Crippen molar-refractivity contribution in [3.05, 3.63) is 65.8 Å². The Labute approximate surface area is 125 Å². The van der Waals surface area contributed by atoms with Crippen molar-refractivity contribution in [1.82, 2.24) is 19.7 Å². The van der Waals surface area contributed by atoms with Gasteiger partial charge in [0.1, 0.15) is 0 Å². The molecule has 0 spiro atoms. The van der Waals surface area contributed by atoms with Gasteiger partial charge in [-0.05, 0) is 24.3 Å². The van der Waals surface area contributed by atoms with Gasteiger partial charge in [0.2, 0.25) is 0 Å². The molecule has 21 heavy (non-hydrogen) atoms. The number of amides is 1. The van der Waals surface area contributed by atoms with Gasteiger partial charge in [0.05, 0.1) is 22.5 Å². The molecule has 0 unspecified atom stereocenters. The van der Waals surface area contributed by atoms with Crippen LogP contribution in [-0.4, -0.2) is 25.7 Å². The minimum Gasteiger partial charge on any atom is -0.320 e. The maximum atomic E-state index is 12.1. The van der Waals surface area contributed by atoms with Gasteiger partial charge in [-0.3, -0.25) is 9.78 Å². The van der Waals surface area contributed by atoms with Gasteiger partial charge in [0.15, 0.2) is 5.82 Å². The Morgan fingerprint density at radius 1 is 1.19 bits per heavy atom. The number of pyridine rings is 2. The zero-order valence-electron chi connectivity index (χ0n) is 10.8. The lowest BCUT2D eigenvalue weighted by Gasteiger charge is -2.07. The van der Waals surface area contributed by atoms with Crippen LogP contribution < -0.4 is 5.32 Å². The van der Waals surface area contributed by atoms with E-state index in [4.69, 9.17) is 11.6 Å². The third-order valence-corrected chi connectivity index (χ3v) is 3.09. The maximum Gasteiger partial charge on any atom is 0.258 e. The van der Waals surface area contributed by atoms with Crippen molar-refractivity contribution in [3.63, 3.8) is 0 Å². The Morgan fingerprint density at radius 2 is 2.10 bits per heavy atom. The summed E-state index contributed by atoms with van der Waals surface area (Å²) in [5.41, 5.74) is 0.881. The van der Waals surface area contributed by atoms with Crippen molar-refractivity contribution < 1.29 is 4.79 Å². The largest absolute Gasteiger partial charge is 0.320 e. The van der Waals surface area contributed by atoms with E-state index in [1.54, 1.807) is 41.5 Å². The number of hydrogen-bond acceptors (Lipinski definition) is 4. The fourth-order valence-electron chi connectivity index (χ4n) is 1.74. The summed E-state index contributed by atoms with van der Waals surface area (Å²) in [5.74, 6) is 0.333. The molecular weight excluding hydrogens is 290 g/mol. The van der Waals surface area contributed by atoms with Crippen LogP contribution in [0, 0.1) is 0 Å².